The molecule has 0 aromatic heterocycles. The molecule has 2 rings (SSSR count). The summed E-state index contributed by atoms with van der Waals surface area (Å²) < 4.78 is 0. The molecule has 0 fully saturated rings. The number of aromatic hydroxyl groups is 2. The Hall–Kier alpha value is -2.22. The van der Waals surface area contributed by atoms with E-state index in [1.807, 2.05) is 31.2 Å². The highest BCUT2D eigenvalue weighted by Gasteiger charge is 2.15. The normalized spacial score (nSPS) is 13.2. The molecule has 0 amide bonds. The molecular formula is C18H20O2. The monoisotopic (exact) mass is 268 g/mol. The summed E-state index contributed by atoms with van der Waals surface area (Å²) in [6, 6.07) is 14.7. The fourth-order valence-corrected chi connectivity index (χ4v) is 2.56. The zero-order valence-electron chi connectivity index (χ0n) is 11.9. The van der Waals surface area contributed by atoms with Crippen molar-refractivity contribution in [1.29, 1.82) is 0 Å². The summed E-state index contributed by atoms with van der Waals surface area (Å²) in [6.45, 7) is 4.19. The Morgan fingerprint density at radius 3 is 1.90 bits per heavy atom. The zero-order chi connectivity index (χ0) is 14.5. The van der Waals surface area contributed by atoms with Gasteiger partial charge in [0.15, 0.2) is 0 Å². The van der Waals surface area contributed by atoms with Crippen molar-refractivity contribution in [1.82, 2.24) is 0 Å². The van der Waals surface area contributed by atoms with Crippen LogP contribution in [0.2, 0.25) is 0 Å². The van der Waals surface area contributed by atoms with Crippen LogP contribution in [0, 0.1) is 0 Å². The molecule has 1 unspecified atom stereocenters. The van der Waals surface area contributed by atoms with Gasteiger partial charge in [0, 0.05) is 5.92 Å². The number of allylic oxidation sites excluding steroid dienone is 2. The van der Waals surface area contributed by atoms with Gasteiger partial charge in [0.1, 0.15) is 11.5 Å². The van der Waals surface area contributed by atoms with E-state index in [1.54, 1.807) is 24.3 Å². The van der Waals surface area contributed by atoms with Gasteiger partial charge in [-0.25, -0.2) is 0 Å². The van der Waals surface area contributed by atoms with Gasteiger partial charge < -0.3 is 10.2 Å². The van der Waals surface area contributed by atoms with Gasteiger partial charge in [0.2, 0.25) is 0 Å². The summed E-state index contributed by atoms with van der Waals surface area (Å²) in [4.78, 5) is 0. The molecule has 0 aliphatic heterocycles. The average molecular weight is 268 g/mol. The highest BCUT2D eigenvalue weighted by Crippen LogP contribution is 2.35. The van der Waals surface area contributed by atoms with E-state index in [4.69, 9.17) is 0 Å². The molecule has 0 heterocycles. The lowest BCUT2D eigenvalue weighted by Crippen LogP contribution is -2.01. The molecule has 0 spiro atoms. The Morgan fingerprint density at radius 1 is 0.950 bits per heavy atom. The number of phenols is 2. The van der Waals surface area contributed by atoms with Gasteiger partial charge in [-0.1, -0.05) is 37.3 Å². The molecule has 1 atom stereocenters. The number of benzene rings is 2. The van der Waals surface area contributed by atoms with Crippen molar-refractivity contribution in [2.24, 2.45) is 0 Å². The van der Waals surface area contributed by atoms with Gasteiger partial charge in [0.05, 0.1) is 0 Å². The Bertz CT molecular complexity index is 580. The molecular weight excluding hydrogens is 248 g/mol. The number of phenolic OH excluding ortho intramolecular Hbond substituents is 2. The average Bonchev–Trinajstić information content (AvgIpc) is 2.47. The third kappa shape index (κ3) is 3.02. The lowest BCUT2D eigenvalue weighted by molar-refractivity contribution is 0.474. The molecule has 20 heavy (non-hydrogen) atoms. The van der Waals surface area contributed by atoms with Crippen molar-refractivity contribution in [3.8, 4) is 11.5 Å². The molecule has 2 aromatic rings. The van der Waals surface area contributed by atoms with Crippen LogP contribution in [-0.4, -0.2) is 10.2 Å². The number of hydrogen-bond donors (Lipinski definition) is 2. The Kier molecular flexibility index (Phi) is 4.46. The van der Waals surface area contributed by atoms with Crippen LogP contribution >= 0.6 is 0 Å². The van der Waals surface area contributed by atoms with Crippen molar-refractivity contribution in [2.45, 2.75) is 26.2 Å². The summed E-state index contributed by atoms with van der Waals surface area (Å²) in [5.41, 5.74) is 3.54. The van der Waals surface area contributed by atoms with Crippen LogP contribution in [-0.2, 0) is 0 Å². The standard InChI is InChI=1S/C18H20O2/c1-3-17(13-5-9-15(19)10-6-13)18(4-2)14-7-11-16(20)12-8-14/h3,5-12,18-20H,4H2,1-2H3/b17-3-. The van der Waals surface area contributed by atoms with E-state index in [0.29, 0.717) is 0 Å². The molecule has 0 bridgehead atoms. The molecule has 0 saturated heterocycles. The predicted molar refractivity (Wildman–Crippen MR) is 82.9 cm³/mol. The number of rotatable bonds is 4. The maximum atomic E-state index is 9.41. The summed E-state index contributed by atoms with van der Waals surface area (Å²) in [5, 5.41) is 18.8. The molecule has 0 radical (unpaired) electrons. The maximum absolute atomic E-state index is 9.41. The van der Waals surface area contributed by atoms with E-state index < -0.39 is 0 Å². The molecule has 2 N–H and O–H groups in total. The summed E-state index contributed by atoms with van der Waals surface area (Å²) in [5.74, 6) is 0.849. The maximum Gasteiger partial charge on any atom is 0.115 e. The van der Waals surface area contributed by atoms with Crippen LogP contribution in [0.25, 0.3) is 5.57 Å². The van der Waals surface area contributed by atoms with Crippen molar-refractivity contribution in [2.75, 3.05) is 0 Å². The molecule has 2 heteroatoms. The second-order valence-electron chi connectivity index (χ2n) is 4.84. The minimum absolute atomic E-state index is 0.280. The molecule has 2 aromatic carbocycles. The quantitative estimate of drug-likeness (QED) is 0.844. The zero-order valence-corrected chi connectivity index (χ0v) is 11.9. The Morgan fingerprint density at radius 2 is 1.45 bits per heavy atom. The molecule has 104 valence electrons. The SMILES string of the molecule is C/C=C(/c1ccc(O)cc1)C(CC)c1ccc(O)cc1. The largest absolute Gasteiger partial charge is 0.508 e. The van der Waals surface area contributed by atoms with Crippen LogP contribution in [0.3, 0.4) is 0 Å². The third-order valence-corrected chi connectivity index (χ3v) is 3.59. The van der Waals surface area contributed by atoms with E-state index in [1.165, 1.54) is 11.1 Å². The van der Waals surface area contributed by atoms with Crippen molar-refractivity contribution < 1.29 is 10.2 Å². The van der Waals surface area contributed by atoms with Gasteiger partial charge in [-0.15, -0.1) is 0 Å². The van der Waals surface area contributed by atoms with Gasteiger partial charge >= 0.3 is 0 Å². The summed E-state index contributed by atoms with van der Waals surface area (Å²) >= 11 is 0. The second-order valence-corrected chi connectivity index (χ2v) is 4.84. The van der Waals surface area contributed by atoms with Crippen molar-refractivity contribution >= 4 is 5.57 Å². The van der Waals surface area contributed by atoms with E-state index >= 15 is 0 Å². The van der Waals surface area contributed by atoms with E-state index in [2.05, 4.69) is 13.0 Å². The van der Waals surface area contributed by atoms with Gasteiger partial charge in [0.25, 0.3) is 0 Å². The van der Waals surface area contributed by atoms with Crippen molar-refractivity contribution in [3.63, 3.8) is 0 Å². The van der Waals surface area contributed by atoms with Crippen LogP contribution < -0.4 is 0 Å². The highest BCUT2D eigenvalue weighted by atomic mass is 16.3. The van der Waals surface area contributed by atoms with Crippen LogP contribution in [0.1, 0.15) is 37.3 Å². The minimum atomic E-state index is 0.280. The van der Waals surface area contributed by atoms with Crippen LogP contribution in [0.15, 0.2) is 54.6 Å². The van der Waals surface area contributed by atoms with E-state index in [9.17, 15) is 10.2 Å². The molecule has 0 aliphatic rings. The summed E-state index contributed by atoms with van der Waals surface area (Å²) in [7, 11) is 0. The first kappa shape index (κ1) is 14.2. The fraction of sp³-hybridized carbons (Fsp3) is 0.222. The lowest BCUT2D eigenvalue weighted by atomic mass is 9.84. The Labute approximate surface area is 120 Å². The lowest BCUT2D eigenvalue weighted by Gasteiger charge is -2.20. The van der Waals surface area contributed by atoms with E-state index in [-0.39, 0.29) is 17.4 Å². The van der Waals surface area contributed by atoms with Gasteiger partial charge in [-0.05, 0) is 54.3 Å². The first-order chi connectivity index (χ1) is 9.65. The smallest absolute Gasteiger partial charge is 0.115 e. The van der Waals surface area contributed by atoms with E-state index in [0.717, 1.165) is 12.0 Å². The third-order valence-electron chi connectivity index (χ3n) is 3.59. The first-order valence-electron chi connectivity index (χ1n) is 6.90. The number of hydrogen-bond acceptors (Lipinski definition) is 2. The van der Waals surface area contributed by atoms with Gasteiger partial charge in [-0.2, -0.15) is 0 Å². The van der Waals surface area contributed by atoms with Crippen LogP contribution in [0.5, 0.6) is 11.5 Å². The first-order valence-corrected chi connectivity index (χ1v) is 6.90. The van der Waals surface area contributed by atoms with Gasteiger partial charge in [-0.3, -0.25) is 0 Å². The Balaban J connectivity index is 2.38. The fourth-order valence-electron chi connectivity index (χ4n) is 2.56. The molecule has 2 nitrogen and oxygen atoms in total. The highest BCUT2D eigenvalue weighted by molar-refractivity contribution is 5.71. The van der Waals surface area contributed by atoms with Crippen LogP contribution in [0.4, 0.5) is 0 Å². The molecule has 0 aliphatic carbocycles. The predicted octanol–water partition coefficient (Wildman–Crippen LogP) is 4.69. The summed E-state index contributed by atoms with van der Waals surface area (Å²) in [6.07, 6.45) is 3.10. The molecule has 0 saturated carbocycles. The topological polar surface area (TPSA) is 40.5 Å². The van der Waals surface area contributed by atoms with Crippen molar-refractivity contribution in [3.05, 3.63) is 65.7 Å². The minimum Gasteiger partial charge on any atom is -0.508 e. The second kappa shape index (κ2) is 6.29.